The fourth-order valence-electron chi connectivity index (χ4n) is 1.58. The minimum atomic E-state index is -4.64. The zero-order chi connectivity index (χ0) is 17.2. The molecule has 0 saturated carbocycles. The van der Waals surface area contributed by atoms with E-state index < -0.39 is 17.9 Å². The van der Waals surface area contributed by atoms with E-state index in [9.17, 15) is 13.2 Å². The smallest absolute Gasteiger partial charge is 0.423 e. The maximum Gasteiger partial charge on any atom is 0.433 e. The molecule has 0 aliphatic rings. The summed E-state index contributed by atoms with van der Waals surface area (Å²) in [5.74, 6) is 0.0850. The number of ether oxygens (including phenoxy) is 1. The van der Waals surface area contributed by atoms with Crippen LogP contribution in [0.3, 0.4) is 0 Å². The fraction of sp³-hybridized carbons (Fsp3) is 0.214. The van der Waals surface area contributed by atoms with Crippen LogP contribution in [-0.2, 0) is 6.18 Å². The SMILES string of the molecule is CN(C)c1cc(C(F)(F)F)nc(Oc2ccc(C#N)cc2Cl)n1. The summed E-state index contributed by atoms with van der Waals surface area (Å²) in [6.07, 6.45) is -4.64. The van der Waals surface area contributed by atoms with E-state index in [0.717, 1.165) is 6.07 Å². The number of nitriles is 1. The molecule has 1 aromatic heterocycles. The third-order valence-electron chi connectivity index (χ3n) is 2.70. The van der Waals surface area contributed by atoms with Crippen molar-refractivity contribution in [2.75, 3.05) is 19.0 Å². The van der Waals surface area contributed by atoms with E-state index >= 15 is 0 Å². The lowest BCUT2D eigenvalue weighted by atomic mass is 10.2. The van der Waals surface area contributed by atoms with Crippen molar-refractivity contribution in [1.82, 2.24) is 9.97 Å². The van der Waals surface area contributed by atoms with Crippen LogP contribution in [0.25, 0.3) is 0 Å². The molecule has 5 nitrogen and oxygen atoms in total. The topological polar surface area (TPSA) is 62.0 Å². The van der Waals surface area contributed by atoms with E-state index in [1.165, 1.54) is 23.1 Å². The zero-order valence-corrected chi connectivity index (χ0v) is 12.8. The Morgan fingerprint density at radius 3 is 2.43 bits per heavy atom. The Morgan fingerprint density at radius 1 is 1.22 bits per heavy atom. The second kappa shape index (κ2) is 6.30. The highest BCUT2D eigenvalue weighted by atomic mass is 35.5. The summed E-state index contributed by atoms with van der Waals surface area (Å²) < 4.78 is 43.9. The van der Waals surface area contributed by atoms with E-state index in [-0.39, 0.29) is 16.6 Å². The summed E-state index contributed by atoms with van der Waals surface area (Å²) in [5.41, 5.74) is -0.836. The van der Waals surface area contributed by atoms with Crippen molar-refractivity contribution in [1.29, 1.82) is 5.26 Å². The van der Waals surface area contributed by atoms with Crippen LogP contribution in [0.1, 0.15) is 11.3 Å². The Morgan fingerprint density at radius 2 is 1.91 bits per heavy atom. The molecule has 0 radical (unpaired) electrons. The molecule has 2 rings (SSSR count). The van der Waals surface area contributed by atoms with Gasteiger partial charge in [0.2, 0.25) is 0 Å². The molecule has 0 fully saturated rings. The summed E-state index contributed by atoms with van der Waals surface area (Å²) >= 11 is 5.93. The van der Waals surface area contributed by atoms with Gasteiger partial charge in [0.1, 0.15) is 11.6 Å². The summed E-state index contributed by atoms with van der Waals surface area (Å²) in [6, 6.07) is 6.32. The number of aromatic nitrogens is 2. The number of alkyl halides is 3. The lowest BCUT2D eigenvalue weighted by molar-refractivity contribution is -0.141. The summed E-state index contributed by atoms with van der Waals surface area (Å²) in [4.78, 5) is 8.64. The minimum Gasteiger partial charge on any atom is -0.423 e. The minimum absolute atomic E-state index is 0.0343. The molecule has 23 heavy (non-hydrogen) atoms. The van der Waals surface area contributed by atoms with Crippen molar-refractivity contribution in [2.45, 2.75) is 6.18 Å². The van der Waals surface area contributed by atoms with Crippen LogP contribution in [-0.4, -0.2) is 24.1 Å². The summed E-state index contributed by atoms with van der Waals surface area (Å²) in [5, 5.41) is 8.83. The van der Waals surface area contributed by atoms with Crippen molar-refractivity contribution in [2.24, 2.45) is 0 Å². The Balaban J connectivity index is 2.43. The van der Waals surface area contributed by atoms with Gasteiger partial charge in [-0.3, -0.25) is 0 Å². The van der Waals surface area contributed by atoms with Gasteiger partial charge < -0.3 is 9.64 Å². The lowest BCUT2D eigenvalue weighted by Crippen LogP contribution is -2.16. The standard InChI is InChI=1S/C14H10ClF3N4O/c1-22(2)12-6-11(14(16,17)18)20-13(21-12)23-10-4-3-8(7-19)5-9(10)15/h3-6H,1-2H3. The van der Waals surface area contributed by atoms with Gasteiger partial charge in [0.25, 0.3) is 0 Å². The first-order chi connectivity index (χ1) is 10.7. The summed E-state index contributed by atoms with van der Waals surface area (Å²) in [6.45, 7) is 0. The predicted molar refractivity (Wildman–Crippen MR) is 77.6 cm³/mol. The largest absolute Gasteiger partial charge is 0.433 e. The first kappa shape index (κ1) is 16.8. The molecule has 0 spiro atoms. The average molecular weight is 343 g/mol. The average Bonchev–Trinajstić information content (AvgIpc) is 2.48. The normalized spacial score (nSPS) is 11.0. The van der Waals surface area contributed by atoms with E-state index in [4.69, 9.17) is 21.6 Å². The third-order valence-corrected chi connectivity index (χ3v) is 3.00. The maximum atomic E-state index is 12.9. The Bertz CT molecular complexity index is 772. The van der Waals surface area contributed by atoms with Crippen LogP contribution < -0.4 is 9.64 Å². The number of nitrogens with zero attached hydrogens (tertiary/aromatic N) is 4. The van der Waals surface area contributed by atoms with Crippen LogP contribution in [0, 0.1) is 11.3 Å². The van der Waals surface area contributed by atoms with Crippen molar-refractivity contribution in [3.8, 4) is 17.8 Å². The molecule has 0 unspecified atom stereocenters. The second-order valence-electron chi connectivity index (χ2n) is 4.65. The van der Waals surface area contributed by atoms with Crippen molar-refractivity contribution in [3.63, 3.8) is 0 Å². The molecular formula is C14H10ClF3N4O. The number of hydrogen-bond acceptors (Lipinski definition) is 5. The van der Waals surface area contributed by atoms with Gasteiger partial charge in [-0.2, -0.15) is 28.4 Å². The van der Waals surface area contributed by atoms with Gasteiger partial charge >= 0.3 is 12.2 Å². The summed E-state index contributed by atoms with van der Waals surface area (Å²) in [7, 11) is 3.09. The molecule has 9 heteroatoms. The van der Waals surface area contributed by atoms with Crippen LogP contribution in [0.15, 0.2) is 24.3 Å². The van der Waals surface area contributed by atoms with Crippen LogP contribution in [0.5, 0.6) is 11.8 Å². The van der Waals surface area contributed by atoms with Crippen LogP contribution >= 0.6 is 11.6 Å². The van der Waals surface area contributed by atoms with Gasteiger partial charge in [-0.15, -0.1) is 0 Å². The number of halogens is 4. The molecule has 0 atom stereocenters. The predicted octanol–water partition coefficient (Wildman–Crippen LogP) is 3.88. The van der Waals surface area contributed by atoms with E-state index in [1.54, 1.807) is 14.1 Å². The molecule has 0 aliphatic heterocycles. The second-order valence-corrected chi connectivity index (χ2v) is 5.05. The van der Waals surface area contributed by atoms with Crippen LogP contribution in [0.4, 0.5) is 19.0 Å². The molecule has 1 aromatic carbocycles. The Kier molecular flexibility index (Phi) is 4.61. The molecule has 0 saturated heterocycles. The van der Waals surface area contributed by atoms with Gasteiger partial charge in [-0.25, -0.2) is 0 Å². The van der Waals surface area contributed by atoms with Gasteiger partial charge in [0.05, 0.1) is 16.7 Å². The van der Waals surface area contributed by atoms with Gasteiger partial charge in [0.15, 0.2) is 5.69 Å². The number of anilines is 1. The van der Waals surface area contributed by atoms with Gasteiger partial charge in [-0.1, -0.05) is 11.6 Å². The monoisotopic (exact) mass is 342 g/mol. The molecule has 0 amide bonds. The van der Waals surface area contributed by atoms with Crippen molar-refractivity contribution in [3.05, 3.63) is 40.5 Å². The van der Waals surface area contributed by atoms with E-state index in [1.807, 2.05) is 6.07 Å². The highest BCUT2D eigenvalue weighted by molar-refractivity contribution is 6.32. The van der Waals surface area contributed by atoms with Crippen LogP contribution in [0.2, 0.25) is 5.02 Å². The van der Waals surface area contributed by atoms with Crippen molar-refractivity contribution < 1.29 is 17.9 Å². The number of benzene rings is 1. The van der Waals surface area contributed by atoms with Gasteiger partial charge in [-0.05, 0) is 18.2 Å². The Hall–Kier alpha value is -2.53. The maximum absolute atomic E-state index is 12.9. The third kappa shape index (κ3) is 4.02. The van der Waals surface area contributed by atoms with E-state index in [2.05, 4.69) is 9.97 Å². The fourth-order valence-corrected chi connectivity index (χ4v) is 1.80. The molecule has 2 aromatic rings. The zero-order valence-electron chi connectivity index (χ0n) is 12.0. The highest BCUT2D eigenvalue weighted by Crippen LogP contribution is 2.33. The number of hydrogen-bond donors (Lipinski definition) is 0. The molecular weight excluding hydrogens is 333 g/mol. The van der Waals surface area contributed by atoms with Gasteiger partial charge in [0, 0.05) is 20.2 Å². The first-order valence-electron chi connectivity index (χ1n) is 6.22. The Labute approximate surface area is 134 Å². The molecule has 0 N–H and O–H groups in total. The first-order valence-corrected chi connectivity index (χ1v) is 6.59. The molecule has 0 aliphatic carbocycles. The molecule has 120 valence electrons. The molecule has 0 bridgehead atoms. The van der Waals surface area contributed by atoms with E-state index in [0.29, 0.717) is 5.56 Å². The highest BCUT2D eigenvalue weighted by Gasteiger charge is 2.34. The quantitative estimate of drug-likeness (QED) is 0.847. The lowest BCUT2D eigenvalue weighted by Gasteiger charge is -2.15. The van der Waals surface area contributed by atoms with Crippen molar-refractivity contribution >= 4 is 17.4 Å². The molecule has 1 heterocycles. The number of rotatable bonds is 3.